The lowest BCUT2D eigenvalue weighted by molar-refractivity contribution is 0.674. The molecule has 3 heterocycles. The van der Waals surface area contributed by atoms with Crippen LogP contribution in [0.15, 0.2) is 65.8 Å². The molecule has 6 nitrogen and oxygen atoms in total. The molecule has 0 fully saturated rings. The minimum absolute atomic E-state index is 0.0462. The van der Waals surface area contributed by atoms with Gasteiger partial charge in [0.15, 0.2) is 5.82 Å². The fraction of sp³-hybridized carbons (Fsp3) is 0.111. The molecule has 0 aliphatic carbocycles. The Morgan fingerprint density at radius 3 is 2.67 bits per heavy atom. The maximum absolute atomic E-state index is 12.5. The van der Waals surface area contributed by atoms with Crippen LogP contribution in [0, 0.1) is 0 Å². The van der Waals surface area contributed by atoms with Crippen molar-refractivity contribution < 1.29 is 0 Å². The zero-order chi connectivity index (χ0) is 16.5. The molecule has 0 aliphatic rings. The molecular weight excluding hydrogens is 302 g/mol. The predicted molar refractivity (Wildman–Crippen MR) is 91.5 cm³/mol. The van der Waals surface area contributed by atoms with Gasteiger partial charge in [-0.3, -0.25) is 14.3 Å². The first-order valence-electron chi connectivity index (χ1n) is 7.61. The van der Waals surface area contributed by atoms with Crippen LogP contribution in [-0.2, 0) is 13.6 Å². The summed E-state index contributed by atoms with van der Waals surface area (Å²) in [4.78, 5) is 25.9. The molecule has 118 valence electrons. The second-order valence-corrected chi connectivity index (χ2v) is 5.50. The third-order valence-corrected chi connectivity index (χ3v) is 4.00. The van der Waals surface area contributed by atoms with Gasteiger partial charge in [-0.2, -0.15) is 0 Å². The Balaban J connectivity index is 1.80. The lowest BCUT2D eigenvalue weighted by Gasteiger charge is -2.11. The summed E-state index contributed by atoms with van der Waals surface area (Å²) in [5.74, 6) is 1.42. The highest BCUT2D eigenvalue weighted by Crippen LogP contribution is 2.15. The molecular formula is C18H15N5O. The van der Waals surface area contributed by atoms with Gasteiger partial charge in [0.05, 0.1) is 17.4 Å². The first-order chi connectivity index (χ1) is 11.7. The number of pyridine rings is 1. The van der Waals surface area contributed by atoms with Gasteiger partial charge in [0.25, 0.3) is 5.56 Å². The first-order valence-corrected chi connectivity index (χ1v) is 7.61. The maximum atomic E-state index is 12.5. The Kier molecular flexibility index (Phi) is 3.42. The van der Waals surface area contributed by atoms with Crippen LogP contribution in [0.3, 0.4) is 0 Å². The summed E-state index contributed by atoms with van der Waals surface area (Å²) in [5, 5.41) is 0.624. The van der Waals surface area contributed by atoms with Crippen molar-refractivity contribution in [3.63, 3.8) is 0 Å². The molecule has 24 heavy (non-hydrogen) atoms. The monoisotopic (exact) mass is 317 g/mol. The Morgan fingerprint density at radius 2 is 1.83 bits per heavy atom. The van der Waals surface area contributed by atoms with Crippen LogP contribution in [0.1, 0.15) is 5.82 Å². The molecule has 1 aromatic carbocycles. The number of aromatic nitrogens is 5. The molecule has 6 heteroatoms. The largest absolute Gasteiger partial charge is 0.322 e. The third kappa shape index (κ3) is 2.38. The summed E-state index contributed by atoms with van der Waals surface area (Å²) in [6.07, 6.45) is 5.33. The first kappa shape index (κ1) is 14.3. The number of benzene rings is 1. The molecule has 0 N–H and O–H groups in total. The fourth-order valence-corrected chi connectivity index (χ4v) is 2.72. The Hall–Kier alpha value is -3.28. The molecule has 0 radical (unpaired) electrons. The lowest BCUT2D eigenvalue weighted by Crippen LogP contribution is -2.24. The van der Waals surface area contributed by atoms with Crippen LogP contribution in [0.2, 0.25) is 0 Å². The van der Waals surface area contributed by atoms with Crippen LogP contribution in [0.25, 0.3) is 22.4 Å². The van der Waals surface area contributed by atoms with E-state index in [1.165, 1.54) is 0 Å². The number of nitrogens with zero attached hydrogens (tertiary/aromatic N) is 5. The summed E-state index contributed by atoms with van der Waals surface area (Å²) in [5.41, 5.74) is 1.44. The van der Waals surface area contributed by atoms with Gasteiger partial charge in [-0.1, -0.05) is 18.2 Å². The van der Waals surface area contributed by atoms with Crippen molar-refractivity contribution in [3.8, 4) is 11.5 Å². The number of fused-ring (bicyclic) bond motifs is 1. The van der Waals surface area contributed by atoms with E-state index in [2.05, 4.69) is 15.0 Å². The number of imidazole rings is 1. The Labute approximate surface area is 138 Å². The number of hydrogen-bond donors (Lipinski definition) is 0. The number of rotatable bonds is 3. The van der Waals surface area contributed by atoms with Crippen molar-refractivity contribution in [1.82, 2.24) is 24.1 Å². The smallest absolute Gasteiger partial charge is 0.261 e. The van der Waals surface area contributed by atoms with Crippen molar-refractivity contribution in [2.24, 2.45) is 7.05 Å². The molecule has 0 unspecified atom stereocenters. The second-order valence-electron chi connectivity index (χ2n) is 5.50. The quantitative estimate of drug-likeness (QED) is 0.581. The van der Waals surface area contributed by atoms with Crippen molar-refractivity contribution in [2.75, 3.05) is 0 Å². The van der Waals surface area contributed by atoms with Crippen molar-refractivity contribution >= 4 is 10.9 Å². The second kappa shape index (κ2) is 5.73. The minimum atomic E-state index is -0.0462. The van der Waals surface area contributed by atoms with E-state index in [1.807, 2.05) is 47.2 Å². The van der Waals surface area contributed by atoms with Gasteiger partial charge in [0, 0.05) is 25.6 Å². The maximum Gasteiger partial charge on any atom is 0.261 e. The molecule has 3 aromatic heterocycles. The topological polar surface area (TPSA) is 65.6 Å². The van der Waals surface area contributed by atoms with Gasteiger partial charge in [-0.15, -0.1) is 0 Å². The molecule has 0 amide bonds. The summed E-state index contributed by atoms with van der Waals surface area (Å²) in [6.45, 7) is 0.447. The summed E-state index contributed by atoms with van der Waals surface area (Å²) in [6, 6.07) is 13.1. The zero-order valence-electron chi connectivity index (χ0n) is 13.1. The normalized spacial score (nSPS) is 11.0. The van der Waals surface area contributed by atoms with Gasteiger partial charge >= 0.3 is 0 Å². The van der Waals surface area contributed by atoms with E-state index in [9.17, 15) is 4.79 Å². The average Bonchev–Trinajstić information content (AvgIpc) is 3.08. The fourth-order valence-electron chi connectivity index (χ4n) is 2.72. The number of hydrogen-bond acceptors (Lipinski definition) is 4. The van der Waals surface area contributed by atoms with Crippen LogP contribution < -0.4 is 5.56 Å². The molecule has 0 saturated heterocycles. The Morgan fingerprint density at radius 1 is 1.00 bits per heavy atom. The summed E-state index contributed by atoms with van der Waals surface area (Å²) >= 11 is 0. The van der Waals surface area contributed by atoms with Crippen molar-refractivity contribution in [2.45, 2.75) is 6.54 Å². The van der Waals surface area contributed by atoms with Gasteiger partial charge in [-0.25, -0.2) is 9.97 Å². The average molecular weight is 317 g/mol. The summed E-state index contributed by atoms with van der Waals surface area (Å²) in [7, 11) is 1.74. The van der Waals surface area contributed by atoms with E-state index < -0.39 is 0 Å². The highest BCUT2D eigenvalue weighted by molar-refractivity contribution is 5.77. The molecule has 0 aliphatic heterocycles. The third-order valence-electron chi connectivity index (χ3n) is 4.00. The number of para-hydroxylation sites is 1. The van der Waals surface area contributed by atoms with Gasteiger partial charge in [0.2, 0.25) is 0 Å². The highest BCUT2D eigenvalue weighted by Gasteiger charge is 2.12. The summed E-state index contributed by atoms with van der Waals surface area (Å²) < 4.78 is 3.53. The highest BCUT2D eigenvalue weighted by atomic mass is 16.1. The van der Waals surface area contributed by atoms with Crippen LogP contribution in [0.4, 0.5) is 0 Å². The lowest BCUT2D eigenvalue weighted by atomic mass is 10.2. The predicted octanol–water partition coefficient (Wildman–Crippen LogP) is 2.24. The Bertz CT molecular complexity index is 1070. The minimum Gasteiger partial charge on any atom is -0.322 e. The molecule has 0 bridgehead atoms. The molecule has 0 spiro atoms. The molecule has 0 atom stereocenters. The van der Waals surface area contributed by atoms with Crippen molar-refractivity contribution in [3.05, 3.63) is 77.2 Å². The SMILES string of the molecule is Cn1c(Cn2ccnc2-c2ccccn2)nc2ccccc2c1=O. The van der Waals surface area contributed by atoms with Crippen LogP contribution in [-0.4, -0.2) is 24.1 Å². The van der Waals surface area contributed by atoms with Gasteiger partial charge < -0.3 is 4.57 Å². The van der Waals surface area contributed by atoms with E-state index in [0.717, 1.165) is 11.5 Å². The van der Waals surface area contributed by atoms with Crippen LogP contribution >= 0.6 is 0 Å². The molecule has 4 aromatic rings. The molecule has 4 rings (SSSR count). The standard InChI is InChI=1S/C18H15N5O/c1-22-16(21-14-7-3-2-6-13(14)18(22)24)12-23-11-10-20-17(23)15-8-4-5-9-19-15/h2-11H,12H2,1H3. The zero-order valence-corrected chi connectivity index (χ0v) is 13.1. The van der Waals surface area contributed by atoms with Gasteiger partial charge in [-0.05, 0) is 24.3 Å². The van der Waals surface area contributed by atoms with Crippen molar-refractivity contribution in [1.29, 1.82) is 0 Å². The van der Waals surface area contributed by atoms with E-state index >= 15 is 0 Å². The van der Waals surface area contributed by atoms with Crippen LogP contribution in [0.5, 0.6) is 0 Å². The van der Waals surface area contributed by atoms with E-state index in [1.54, 1.807) is 30.1 Å². The van der Waals surface area contributed by atoms with Gasteiger partial charge in [0.1, 0.15) is 11.5 Å². The van der Waals surface area contributed by atoms with E-state index in [4.69, 9.17) is 0 Å². The molecule has 0 saturated carbocycles. The van der Waals surface area contributed by atoms with E-state index in [0.29, 0.717) is 23.3 Å². The van der Waals surface area contributed by atoms with E-state index in [-0.39, 0.29) is 5.56 Å².